The van der Waals surface area contributed by atoms with Crippen LogP contribution in [0.15, 0.2) is 24.3 Å². The number of rotatable bonds is 4. The molecule has 1 amide bonds. The van der Waals surface area contributed by atoms with Crippen LogP contribution in [-0.2, 0) is 4.79 Å². The van der Waals surface area contributed by atoms with Crippen LogP contribution in [0.4, 0.5) is 4.39 Å². The van der Waals surface area contributed by atoms with Crippen LogP contribution in [0.2, 0.25) is 0 Å². The van der Waals surface area contributed by atoms with Crippen LogP contribution in [0.25, 0.3) is 0 Å². The highest BCUT2D eigenvalue weighted by atomic mass is 35.5. The molecular weight excluding hydrogens is 267 g/mol. The maximum Gasteiger partial charge on any atom is 0.224 e. The van der Waals surface area contributed by atoms with Gasteiger partial charge in [0.2, 0.25) is 5.91 Å². The highest BCUT2D eigenvalue weighted by Gasteiger charge is 2.22. The lowest BCUT2D eigenvalue weighted by Crippen LogP contribution is -2.34. The third kappa shape index (κ3) is 4.48. The molecule has 1 heterocycles. The van der Waals surface area contributed by atoms with Crippen molar-refractivity contribution in [3.8, 4) is 0 Å². The normalized spacial score (nSPS) is 19.6. The predicted octanol–water partition coefficient (Wildman–Crippen LogP) is 2.08. The quantitative estimate of drug-likeness (QED) is 0.890. The highest BCUT2D eigenvalue weighted by molar-refractivity contribution is 5.85. The van der Waals surface area contributed by atoms with Crippen LogP contribution in [0.1, 0.15) is 24.8 Å². The Bertz CT molecular complexity index is 404. The summed E-state index contributed by atoms with van der Waals surface area (Å²) in [6.45, 7) is 4.32. The Balaban J connectivity index is 0.00000180. The fraction of sp³-hybridized carbons (Fsp3) is 0.500. The van der Waals surface area contributed by atoms with Crippen LogP contribution in [0.5, 0.6) is 0 Å². The van der Waals surface area contributed by atoms with E-state index in [9.17, 15) is 9.18 Å². The van der Waals surface area contributed by atoms with Crippen molar-refractivity contribution in [3.05, 3.63) is 35.6 Å². The topological polar surface area (TPSA) is 41.1 Å². The molecule has 0 bridgehead atoms. The Kier molecular flexibility index (Phi) is 6.25. The van der Waals surface area contributed by atoms with Gasteiger partial charge < -0.3 is 10.6 Å². The van der Waals surface area contributed by atoms with Gasteiger partial charge in [-0.3, -0.25) is 4.79 Å². The molecule has 1 aromatic rings. The lowest BCUT2D eigenvalue weighted by atomic mass is 10.0. The van der Waals surface area contributed by atoms with E-state index in [1.807, 2.05) is 6.92 Å². The van der Waals surface area contributed by atoms with E-state index in [-0.39, 0.29) is 36.0 Å². The smallest absolute Gasteiger partial charge is 0.224 e. The summed E-state index contributed by atoms with van der Waals surface area (Å²) in [6.07, 6.45) is 0.913. The molecule has 1 saturated heterocycles. The zero-order valence-electron chi connectivity index (χ0n) is 11.0. The first kappa shape index (κ1) is 15.9. The first-order chi connectivity index (χ1) is 8.66. The van der Waals surface area contributed by atoms with Gasteiger partial charge in [0.15, 0.2) is 0 Å². The number of hydrogen-bond acceptors (Lipinski definition) is 2. The summed E-state index contributed by atoms with van der Waals surface area (Å²) in [7, 11) is 0. The van der Waals surface area contributed by atoms with Gasteiger partial charge in [-0.1, -0.05) is 19.1 Å². The Morgan fingerprint density at radius 3 is 2.74 bits per heavy atom. The van der Waals surface area contributed by atoms with E-state index in [4.69, 9.17) is 0 Å². The van der Waals surface area contributed by atoms with E-state index in [0.29, 0.717) is 6.54 Å². The van der Waals surface area contributed by atoms with Crippen molar-refractivity contribution < 1.29 is 9.18 Å². The summed E-state index contributed by atoms with van der Waals surface area (Å²) in [4.78, 5) is 11.8. The average Bonchev–Trinajstić information content (AvgIpc) is 2.90. The minimum absolute atomic E-state index is 0. The third-order valence-electron chi connectivity index (χ3n) is 3.45. The molecule has 1 aromatic carbocycles. The molecular formula is C14H20ClFN2O. The van der Waals surface area contributed by atoms with Crippen LogP contribution in [-0.4, -0.2) is 25.5 Å². The summed E-state index contributed by atoms with van der Waals surface area (Å²) in [5, 5.41) is 6.14. The van der Waals surface area contributed by atoms with Crippen molar-refractivity contribution in [2.24, 2.45) is 5.92 Å². The molecule has 0 saturated carbocycles. The molecule has 0 spiro atoms. The summed E-state index contributed by atoms with van der Waals surface area (Å²) in [5.74, 6) is 0.190. The molecule has 106 valence electrons. The molecule has 2 N–H and O–H groups in total. The van der Waals surface area contributed by atoms with Crippen molar-refractivity contribution in [2.45, 2.75) is 19.3 Å². The van der Waals surface area contributed by atoms with E-state index in [1.165, 1.54) is 12.1 Å². The molecule has 1 aliphatic heterocycles. The number of hydrogen-bond donors (Lipinski definition) is 2. The summed E-state index contributed by atoms with van der Waals surface area (Å²) < 4.78 is 12.8. The number of benzene rings is 1. The zero-order valence-corrected chi connectivity index (χ0v) is 11.8. The van der Waals surface area contributed by atoms with Gasteiger partial charge in [-0.2, -0.15) is 0 Å². The van der Waals surface area contributed by atoms with Crippen LogP contribution < -0.4 is 10.6 Å². The summed E-state index contributed by atoms with van der Waals surface area (Å²) >= 11 is 0. The van der Waals surface area contributed by atoms with Gasteiger partial charge in [0.05, 0.1) is 5.92 Å². The largest absolute Gasteiger partial charge is 0.355 e. The maximum atomic E-state index is 12.8. The fourth-order valence-corrected chi connectivity index (χ4v) is 2.19. The van der Waals surface area contributed by atoms with Gasteiger partial charge >= 0.3 is 0 Å². The molecule has 1 aliphatic rings. The molecule has 5 heteroatoms. The van der Waals surface area contributed by atoms with Gasteiger partial charge in [0.1, 0.15) is 5.82 Å². The van der Waals surface area contributed by atoms with Gasteiger partial charge in [-0.15, -0.1) is 12.4 Å². The molecule has 0 aromatic heterocycles. The Hall–Kier alpha value is -1.13. The number of nitrogens with one attached hydrogen (secondary N) is 2. The third-order valence-corrected chi connectivity index (χ3v) is 3.45. The highest BCUT2D eigenvalue weighted by Crippen LogP contribution is 2.15. The molecule has 3 nitrogen and oxygen atoms in total. The summed E-state index contributed by atoms with van der Waals surface area (Å²) in [5.41, 5.74) is 1.04. The number of amides is 1. The van der Waals surface area contributed by atoms with Crippen LogP contribution >= 0.6 is 12.4 Å². The van der Waals surface area contributed by atoms with Gasteiger partial charge in [-0.25, -0.2) is 4.39 Å². The second-order valence-electron chi connectivity index (χ2n) is 4.89. The Morgan fingerprint density at radius 1 is 1.47 bits per heavy atom. The predicted molar refractivity (Wildman–Crippen MR) is 76.0 cm³/mol. The van der Waals surface area contributed by atoms with Crippen molar-refractivity contribution in [3.63, 3.8) is 0 Å². The van der Waals surface area contributed by atoms with Crippen LogP contribution in [0, 0.1) is 11.7 Å². The first-order valence-corrected chi connectivity index (χ1v) is 6.40. The van der Waals surface area contributed by atoms with Gasteiger partial charge in [-0.05, 0) is 36.6 Å². The molecule has 2 atom stereocenters. The molecule has 2 rings (SSSR count). The molecule has 2 unspecified atom stereocenters. The monoisotopic (exact) mass is 286 g/mol. The second-order valence-corrected chi connectivity index (χ2v) is 4.89. The Morgan fingerprint density at radius 2 is 2.16 bits per heavy atom. The lowest BCUT2D eigenvalue weighted by molar-refractivity contribution is -0.124. The molecule has 1 fully saturated rings. The molecule has 19 heavy (non-hydrogen) atoms. The maximum absolute atomic E-state index is 12.8. The van der Waals surface area contributed by atoms with Crippen molar-refractivity contribution in [2.75, 3.05) is 19.6 Å². The Labute approximate surface area is 119 Å². The summed E-state index contributed by atoms with van der Waals surface area (Å²) in [6, 6.07) is 6.44. The van der Waals surface area contributed by atoms with Crippen LogP contribution in [0.3, 0.4) is 0 Å². The van der Waals surface area contributed by atoms with E-state index >= 15 is 0 Å². The first-order valence-electron chi connectivity index (χ1n) is 6.40. The number of carbonyl (C=O) groups excluding carboxylic acids is 1. The molecule has 0 radical (unpaired) electrons. The van der Waals surface area contributed by atoms with E-state index in [2.05, 4.69) is 10.6 Å². The SMILES string of the molecule is CC(CNC(=O)C1CCNC1)c1ccc(F)cc1.Cl. The van der Waals surface area contributed by atoms with E-state index in [1.54, 1.807) is 12.1 Å². The fourth-order valence-electron chi connectivity index (χ4n) is 2.19. The molecule has 0 aliphatic carbocycles. The zero-order chi connectivity index (χ0) is 13.0. The van der Waals surface area contributed by atoms with Gasteiger partial charge in [0, 0.05) is 13.1 Å². The second kappa shape index (κ2) is 7.46. The van der Waals surface area contributed by atoms with Crippen molar-refractivity contribution in [1.29, 1.82) is 0 Å². The van der Waals surface area contributed by atoms with Crippen molar-refractivity contribution in [1.82, 2.24) is 10.6 Å². The van der Waals surface area contributed by atoms with Gasteiger partial charge in [0.25, 0.3) is 0 Å². The average molecular weight is 287 g/mol. The minimum atomic E-state index is -0.230. The van der Waals surface area contributed by atoms with Crippen molar-refractivity contribution >= 4 is 18.3 Å². The minimum Gasteiger partial charge on any atom is -0.355 e. The number of carbonyl (C=O) groups is 1. The standard InChI is InChI=1S/C14H19FN2O.ClH/c1-10(11-2-4-13(15)5-3-11)8-17-14(18)12-6-7-16-9-12;/h2-5,10,12,16H,6-9H2,1H3,(H,17,18);1H. The van der Waals surface area contributed by atoms with E-state index < -0.39 is 0 Å². The van der Waals surface area contributed by atoms with E-state index in [0.717, 1.165) is 25.1 Å². The number of halogens is 2. The lowest BCUT2D eigenvalue weighted by Gasteiger charge is -2.15.